The summed E-state index contributed by atoms with van der Waals surface area (Å²) in [6.07, 6.45) is 0. The van der Waals surface area contributed by atoms with Crippen LogP contribution in [-0.2, 0) is 10.3 Å². The van der Waals surface area contributed by atoms with E-state index in [2.05, 4.69) is 5.32 Å². The number of primary amides is 1. The fraction of sp³-hybridized carbons (Fsp3) is 0.111. The zero-order chi connectivity index (χ0) is 36.0. The lowest BCUT2D eigenvalue weighted by atomic mass is 9.75. The summed E-state index contributed by atoms with van der Waals surface area (Å²) in [4.78, 5) is 53.2. The normalized spacial score (nSPS) is 11.9. The van der Waals surface area contributed by atoms with Crippen molar-refractivity contribution in [1.82, 2.24) is 5.32 Å². The minimum absolute atomic E-state index is 0.120. The van der Waals surface area contributed by atoms with Gasteiger partial charge in [0.2, 0.25) is 5.91 Å². The van der Waals surface area contributed by atoms with Gasteiger partial charge < -0.3 is 5.73 Å². The second-order valence-electron chi connectivity index (χ2n) is 12.8. The van der Waals surface area contributed by atoms with Crippen LogP contribution in [0.4, 0.5) is 0 Å². The standard InChI is InChI=1S/C45H38N2O4/c1-30(2)40(44(46)51)47-45(37-24-18-34(19-25-37)41(48)31-12-6-3-7-13-31,38-26-20-35(21-27-38)42(49)32-14-8-4-9-15-32)39-28-22-36(23-29-39)43(50)33-16-10-5-11-17-33/h3-30,40,47H,1-2H3,(H2,46,51)/t40-/m0/s1. The number of hydrogen-bond donors (Lipinski definition) is 2. The second-order valence-corrected chi connectivity index (χ2v) is 12.8. The monoisotopic (exact) mass is 670 g/mol. The minimum atomic E-state index is -1.21. The molecule has 6 rings (SSSR count). The first-order chi connectivity index (χ1) is 24.7. The van der Waals surface area contributed by atoms with Crippen molar-refractivity contribution in [2.75, 3.05) is 0 Å². The zero-order valence-corrected chi connectivity index (χ0v) is 28.5. The van der Waals surface area contributed by atoms with Crippen LogP contribution in [0.2, 0.25) is 0 Å². The molecule has 6 heteroatoms. The van der Waals surface area contributed by atoms with Crippen molar-refractivity contribution in [2.45, 2.75) is 25.4 Å². The van der Waals surface area contributed by atoms with Gasteiger partial charge >= 0.3 is 0 Å². The lowest BCUT2D eigenvalue weighted by molar-refractivity contribution is -0.121. The van der Waals surface area contributed by atoms with Gasteiger partial charge in [-0.25, -0.2) is 0 Å². The Kier molecular flexibility index (Phi) is 10.3. The van der Waals surface area contributed by atoms with Crippen LogP contribution in [-0.4, -0.2) is 29.3 Å². The Balaban J connectivity index is 1.52. The molecule has 0 aliphatic carbocycles. The second kappa shape index (κ2) is 15.1. The van der Waals surface area contributed by atoms with Crippen molar-refractivity contribution in [3.63, 3.8) is 0 Å². The van der Waals surface area contributed by atoms with Gasteiger partial charge in [0.05, 0.1) is 11.6 Å². The fourth-order valence-corrected chi connectivity index (χ4v) is 6.43. The molecular formula is C45H38N2O4. The van der Waals surface area contributed by atoms with E-state index in [4.69, 9.17) is 5.73 Å². The number of carbonyl (C=O) groups is 4. The highest BCUT2D eigenvalue weighted by molar-refractivity contribution is 6.10. The van der Waals surface area contributed by atoms with Crippen LogP contribution in [0.3, 0.4) is 0 Å². The minimum Gasteiger partial charge on any atom is -0.368 e. The number of hydrogen-bond acceptors (Lipinski definition) is 5. The summed E-state index contributed by atoms with van der Waals surface area (Å²) in [6.45, 7) is 3.83. The van der Waals surface area contributed by atoms with Gasteiger partial charge in [-0.1, -0.05) is 178 Å². The zero-order valence-electron chi connectivity index (χ0n) is 28.5. The van der Waals surface area contributed by atoms with E-state index < -0.39 is 17.5 Å². The highest BCUT2D eigenvalue weighted by Crippen LogP contribution is 2.39. The molecule has 0 aliphatic rings. The quantitative estimate of drug-likeness (QED) is 0.0965. The topological polar surface area (TPSA) is 106 Å². The van der Waals surface area contributed by atoms with E-state index in [-0.39, 0.29) is 23.3 Å². The molecule has 0 bridgehead atoms. The van der Waals surface area contributed by atoms with E-state index in [0.29, 0.717) is 33.4 Å². The third-order valence-corrected chi connectivity index (χ3v) is 9.19. The molecule has 0 heterocycles. The van der Waals surface area contributed by atoms with Gasteiger partial charge in [0.1, 0.15) is 0 Å². The maximum Gasteiger partial charge on any atom is 0.234 e. The summed E-state index contributed by atoms with van der Waals surface area (Å²) in [5.41, 5.74) is 10.2. The Morgan fingerprint density at radius 1 is 0.431 bits per heavy atom. The largest absolute Gasteiger partial charge is 0.368 e. The van der Waals surface area contributed by atoms with Crippen LogP contribution < -0.4 is 11.1 Å². The molecule has 0 spiro atoms. The van der Waals surface area contributed by atoms with Crippen molar-refractivity contribution < 1.29 is 19.2 Å². The Labute approximate surface area is 298 Å². The number of carbonyl (C=O) groups excluding carboxylic acids is 4. The lowest BCUT2D eigenvalue weighted by Gasteiger charge is -2.40. The third-order valence-electron chi connectivity index (χ3n) is 9.19. The Morgan fingerprint density at radius 3 is 0.922 bits per heavy atom. The summed E-state index contributed by atoms with van der Waals surface area (Å²) in [5.74, 6) is -1.09. The maximum atomic E-state index is 13.4. The van der Waals surface area contributed by atoms with E-state index in [1.54, 1.807) is 72.8 Å². The predicted octanol–water partition coefficient (Wildman–Crippen LogP) is 7.77. The van der Waals surface area contributed by atoms with Crippen molar-refractivity contribution in [3.05, 3.63) is 214 Å². The van der Waals surface area contributed by atoms with Crippen molar-refractivity contribution in [3.8, 4) is 0 Å². The van der Waals surface area contributed by atoms with Gasteiger partial charge in [-0.2, -0.15) is 0 Å². The summed E-state index contributed by atoms with van der Waals surface area (Å²) >= 11 is 0. The van der Waals surface area contributed by atoms with Crippen LogP contribution in [0.5, 0.6) is 0 Å². The highest BCUT2D eigenvalue weighted by atomic mass is 16.1. The number of rotatable bonds is 13. The molecule has 252 valence electrons. The van der Waals surface area contributed by atoms with Gasteiger partial charge in [-0.3, -0.25) is 24.5 Å². The molecule has 0 fully saturated rings. The van der Waals surface area contributed by atoms with Crippen LogP contribution in [0.25, 0.3) is 0 Å². The van der Waals surface area contributed by atoms with Gasteiger partial charge in [0.15, 0.2) is 17.3 Å². The predicted molar refractivity (Wildman–Crippen MR) is 200 cm³/mol. The summed E-state index contributed by atoms with van der Waals surface area (Å²) in [7, 11) is 0. The van der Waals surface area contributed by atoms with E-state index >= 15 is 0 Å². The molecular weight excluding hydrogens is 633 g/mol. The Bertz CT molecular complexity index is 1910. The average molecular weight is 671 g/mol. The molecule has 0 aliphatic heterocycles. The van der Waals surface area contributed by atoms with Crippen molar-refractivity contribution >= 4 is 23.3 Å². The molecule has 0 saturated heterocycles. The van der Waals surface area contributed by atoms with Crippen LogP contribution in [0.1, 0.15) is 78.3 Å². The summed E-state index contributed by atoms with van der Waals surface area (Å²) in [6, 6.07) is 48.3. The average Bonchev–Trinajstić information content (AvgIpc) is 3.18. The number of nitrogens with one attached hydrogen (secondary N) is 1. The molecule has 0 unspecified atom stereocenters. The van der Waals surface area contributed by atoms with Crippen molar-refractivity contribution in [2.24, 2.45) is 11.7 Å². The smallest absolute Gasteiger partial charge is 0.234 e. The number of nitrogens with two attached hydrogens (primary N) is 1. The van der Waals surface area contributed by atoms with E-state index in [1.165, 1.54) is 0 Å². The first-order valence-corrected chi connectivity index (χ1v) is 16.9. The number of benzene rings is 6. The summed E-state index contributed by atoms with van der Waals surface area (Å²) in [5, 5.41) is 3.63. The van der Waals surface area contributed by atoms with E-state index in [9.17, 15) is 19.2 Å². The molecule has 0 saturated carbocycles. The van der Waals surface area contributed by atoms with Crippen LogP contribution in [0.15, 0.2) is 164 Å². The summed E-state index contributed by atoms with van der Waals surface area (Å²) < 4.78 is 0. The van der Waals surface area contributed by atoms with Crippen molar-refractivity contribution in [1.29, 1.82) is 0 Å². The number of ketones is 3. The lowest BCUT2D eigenvalue weighted by Crippen LogP contribution is -2.56. The van der Waals surface area contributed by atoms with Gasteiger partial charge in [-0.05, 0) is 22.6 Å². The molecule has 51 heavy (non-hydrogen) atoms. The maximum absolute atomic E-state index is 13.4. The molecule has 6 aromatic rings. The molecule has 6 aromatic carbocycles. The Morgan fingerprint density at radius 2 is 0.686 bits per heavy atom. The highest BCUT2D eigenvalue weighted by Gasteiger charge is 2.40. The fourth-order valence-electron chi connectivity index (χ4n) is 6.43. The van der Waals surface area contributed by atoms with Crippen LogP contribution >= 0.6 is 0 Å². The molecule has 3 N–H and O–H groups in total. The molecule has 1 atom stereocenters. The third kappa shape index (κ3) is 7.23. The van der Waals surface area contributed by atoms with Gasteiger partial charge in [0.25, 0.3) is 0 Å². The molecule has 0 radical (unpaired) electrons. The Hall–Kier alpha value is -6.24. The molecule has 1 amide bonds. The van der Waals surface area contributed by atoms with E-state index in [0.717, 1.165) is 16.7 Å². The molecule has 0 aromatic heterocycles. The SMILES string of the molecule is CC(C)[C@H](NC(c1ccc(C(=O)c2ccccc2)cc1)(c1ccc(C(=O)c2ccccc2)cc1)c1ccc(C(=O)c2ccccc2)cc1)C(N)=O. The first-order valence-electron chi connectivity index (χ1n) is 16.9. The number of amides is 1. The van der Waals surface area contributed by atoms with Gasteiger partial charge in [0, 0.05) is 33.4 Å². The first kappa shape index (κ1) is 34.6. The van der Waals surface area contributed by atoms with E-state index in [1.807, 2.05) is 105 Å². The van der Waals surface area contributed by atoms with Gasteiger partial charge in [-0.15, -0.1) is 0 Å². The van der Waals surface area contributed by atoms with Crippen LogP contribution in [0, 0.1) is 5.92 Å². The molecule has 6 nitrogen and oxygen atoms in total.